The van der Waals surface area contributed by atoms with Gasteiger partial charge in [-0.25, -0.2) is 9.97 Å². The summed E-state index contributed by atoms with van der Waals surface area (Å²) in [5, 5.41) is 0.578. The van der Waals surface area contributed by atoms with E-state index in [1.807, 2.05) is 23.9 Å². The molecule has 5 heteroatoms. The fourth-order valence-corrected chi connectivity index (χ4v) is 3.01. The molecule has 0 bridgehead atoms. The van der Waals surface area contributed by atoms with E-state index >= 15 is 0 Å². The zero-order chi connectivity index (χ0) is 11.0. The van der Waals surface area contributed by atoms with E-state index in [4.69, 9.17) is 11.6 Å². The number of hydrogen-bond acceptors (Lipinski definition) is 4. The van der Waals surface area contributed by atoms with Crippen LogP contribution >= 0.6 is 23.4 Å². The molecule has 0 spiro atoms. The summed E-state index contributed by atoms with van der Waals surface area (Å²) in [5.41, 5.74) is 3.05. The van der Waals surface area contributed by atoms with Crippen LogP contribution in [-0.4, -0.2) is 15.0 Å². The highest BCUT2D eigenvalue weighted by Gasteiger charge is 2.19. The van der Waals surface area contributed by atoms with Gasteiger partial charge in [0.25, 0.3) is 0 Å². The maximum absolute atomic E-state index is 6.14. The summed E-state index contributed by atoms with van der Waals surface area (Å²) in [7, 11) is 0. The molecule has 0 saturated heterocycles. The highest BCUT2D eigenvalue weighted by Crippen LogP contribution is 2.33. The zero-order valence-electron chi connectivity index (χ0n) is 8.35. The number of halogens is 1. The molecule has 3 rings (SSSR count). The van der Waals surface area contributed by atoms with Crippen molar-refractivity contribution in [3.63, 3.8) is 0 Å². The number of nitrogens with zero attached hydrogens (tertiary/aromatic N) is 3. The van der Waals surface area contributed by atoms with Crippen molar-refractivity contribution in [1.29, 1.82) is 0 Å². The number of pyridine rings is 1. The van der Waals surface area contributed by atoms with Crippen LogP contribution in [-0.2, 0) is 11.5 Å². The second-order valence-corrected chi connectivity index (χ2v) is 4.84. The van der Waals surface area contributed by atoms with E-state index in [0.717, 1.165) is 28.3 Å². The molecule has 2 aromatic heterocycles. The molecule has 0 unspecified atom stereocenters. The summed E-state index contributed by atoms with van der Waals surface area (Å²) < 4.78 is 0. The van der Waals surface area contributed by atoms with E-state index < -0.39 is 0 Å². The van der Waals surface area contributed by atoms with Crippen LogP contribution in [0.5, 0.6) is 0 Å². The first-order valence-corrected chi connectivity index (χ1v) is 6.41. The Morgan fingerprint density at radius 3 is 3.00 bits per heavy atom. The minimum absolute atomic E-state index is 0.578. The first-order valence-electron chi connectivity index (χ1n) is 4.88. The molecule has 0 aromatic carbocycles. The predicted octanol–water partition coefficient (Wildman–Crippen LogP) is 2.94. The Morgan fingerprint density at radius 2 is 2.19 bits per heavy atom. The van der Waals surface area contributed by atoms with E-state index in [2.05, 4.69) is 15.0 Å². The van der Waals surface area contributed by atoms with Gasteiger partial charge in [-0.15, -0.1) is 0 Å². The predicted molar refractivity (Wildman–Crippen MR) is 65.3 cm³/mol. The third-order valence-corrected chi connectivity index (χ3v) is 3.73. The number of thioether (sulfide) groups is 1. The molecule has 0 fully saturated rings. The first-order chi connectivity index (χ1) is 7.84. The van der Waals surface area contributed by atoms with Gasteiger partial charge in [-0.05, 0) is 12.1 Å². The fourth-order valence-electron chi connectivity index (χ4n) is 1.64. The van der Waals surface area contributed by atoms with Gasteiger partial charge < -0.3 is 0 Å². The van der Waals surface area contributed by atoms with Crippen molar-refractivity contribution in [2.75, 3.05) is 0 Å². The summed E-state index contributed by atoms with van der Waals surface area (Å²) in [6, 6.07) is 3.81. The van der Waals surface area contributed by atoms with Gasteiger partial charge in [0.2, 0.25) is 0 Å². The summed E-state index contributed by atoms with van der Waals surface area (Å²) in [6.45, 7) is 0. The lowest BCUT2D eigenvalue weighted by atomic mass is 10.2. The molecule has 0 atom stereocenters. The van der Waals surface area contributed by atoms with Crippen molar-refractivity contribution in [3.8, 4) is 11.4 Å². The van der Waals surface area contributed by atoms with Gasteiger partial charge in [-0.3, -0.25) is 4.98 Å². The Kier molecular flexibility index (Phi) is 2.53. The van der Waals surface area contributed by atoms with Gasteiger partial charge in [0.05, 0.1) is 5.69 Å². The van der Waals surface area contributed by atoms with Gasteiger partial charge in [0.15, 0.2) is 5.82 Å². The normalized spacial score (nSPS) is 13.8. The smallest absolute Gasteiger partial charge is 0.162 e. The average Bonchev–Trinajstić information content (AvgIpc) is 2.79. The Bertz CT molecular complexity index is 530. The average molecular weight is 250 g/mol. The lowest BCUT2D eigenvalue weighted by Crippen LogP contribution is -1.97. The number of fused-ring (bicyclic) bond motifs is 1. The van der Waals surface area contributed by atoms with Crippen molar-refractivity contribution < 1.29 is 0 Å². The molecule has 0 N–H and O–H groups in total. The van der Waals surface area contributed by atoms with E-state index in [-0.39, 0.29) is 0 Å². The standard InChI is InChI=1S/C11H8ClN3S/c12-10-8-5-16-6-9(8)14-11(15-10)7-2-1-3-13-4-7/h1-4H,5-6H2. The van der Waals surface area contributed by atoms with Crippen LogP contribution in [0.25, 0.3) is 11.4 Å². The fraction of sp³-hybridized carbons (Fsp3) is 0.182. The molecule has 0 aliphatic carbocycles. The molecule has 80 valence electrons. The molecular formula is C11H8ClN3S. The van der Waals surface area contributed by atoms with Crippen molar-refractivity contribution in [2.45, 2.75) is 11.5 Å². The van der Waals surface area contributed by atoms with Crippen LogP contribution in [0.2, 0.25) is 5.15 Å². The summed E-state index contributed by atoms with van der Waals surface area (Å²) in [5.74, 6) is 2.51. The molecule has 0 amide bonds. The lowest BCUT2D eigenvalue weighted by molar-refractivity contribution is 1.07. The monoisotopic (exact) mass is 249 g/mol. The van der Waals surface area contributed by atoms with Crippen LogP contribution in [0.1, 0.15) is 11.3 Å². The molecule has 1 aliphatic rings. The summed E-state index contributed by atoms with van der Waals surface area (Å²) >= 11 is 7.96. The van der Waals surface area contributed by atoms with Gasteiger partial charge in [0.1, 0.15) is 5.15 Å². The lowest BCUT2D eigenvalue weighted by Gasteiger charge is -2.04. The van der Waals surface area contributed by atoms with Gasteiger partial charge in [-0.2, -0.15) is 11.8 Å². The molecule has 1 aliphatic heterocycles. The van der Waals surface area contributed by atoms with Crippen LogP contribution < -0.4 is 0 Å². The number of aromatic nitrogens is 3. The second-order valence-electron chi connectivity index (χ2n) is 3.50. The number of rotatable bonds is 1. The maximum Gasteiger partial charge on any atom is 0.162 e. The molecule has 2 aromatic rings. The van der Waals surface area contributed by atoms with Gasteiger partial charge in [0, 0.05) is 35.0 Å². The SMILES string of the molecule is Clc1nc(-c2cccnc2)nc2c1CSC2. The van der Waals surface area contributed by atoms with Crippen molar-refractivity contribution >= 4 is 23.4 Å². The topological polar surface area (TPSA) is 38.7 Å². The van der Waals surface area contributed by atoms with Crippen molar-refractivity contribution in [3.05, 3.63) is 40.9 Å². The largest absolute Gasteiger partial charge is 0.264 e. The van der Waals surface area contributed by atoms with E-state index in [9.17, 15) is 0 Å². The Balaban J connectivity index is 2.13. The first kappa shape index (κ1) is 10.1. The maximum atomic E-state index is 6.14. The van der Waals surface area contributed by atoms with E-state index in [1.165, 1.54) is 0 Å². The zero-order valence-corrected chi connectivity index (χ0v) is 9.92. The summed E-state index contributed by atoms with van der Waals surface area (Å²) in [4.78, 5) is 12.9. The van der Waals surface area contributed by atoms with Crippen molar-refractivity contribution in [2.24, 2.45) is 0 Å². The Morgan fingerprint density at radius 1 is 1.25 bits per heavy atom. The highest BCUT2D eigenvalue weighted by molar-refractivity contribution is 7.98. The molecular weight excluding hydrogens is 242 g/mol. The number of hydrogen-bond donors (Lipinski definition) is 0. The summed E-state index contributed by atoms with van der Waals surface area (Å²) in [6.07, 6.45) is 3.48. The molecule has 3 nitrogen and oxygen atoms in total. The Hall–Kier alpha value is -1.13. The van der Waals surface area contributed by atoms with Gasteiger partial charge >= 0.3 is 0 Å². The van der Waals surface area contributed by atoms with Crippen LogP contribution in [0.15, 0.2) is 24.5 Å². The van der Waals surface area contributed by atoms with E-state index in [0.29, 0.717) is 11.0 Å². The van der Waals surface area contributed by atoms with Gasteiger partial charge in [-0.1, -0.05) is 11.6 Å². The van der Waals surface area contributed by atoms with Crippen LogP contribution in [0, 0.1) is 0 Å². The molecule has 3 heterocycles. The van der Waals surface area contributed by atoms with Crippen LogP contribution in [0.4, 0.5) is 0 Å². The second kappa shape index (κ2) is 4.03. The third kappa shape index (κ3) is 1.68. The Labute approximate surface area is 102 Å². The molecule has 0 radical (unpaired) electrons. The van der Waals surface area contributed by atoms with Crippen molar-refractivity contribution in [1.82, 2.24) is 15.0 Å². The highest BCUT2D eigenvalue weighted by atomic mass is 35.5. The molecule has 16 heavy (non-hydrogen) atoms. The minimum atomic E-state index is 0.578. The van der Waals surface area contributed by atoms with Crippen LogP contribution in [0.3, 0.4) is 0 Å². The quantitative estimate of drug-likeness (QED) is 0.729. The van der Waals surface area contributed by atoms with E-state index in [1.54, 1.807) is 12.4 Å². The third-order valence-electron chi connectivity index (χ3n) is 2.45. The molecule has 0 saturated carbocycles. The minimum Gasteiger partial charge on any atom is -0.264 e.